The van der Waals surface area contributed by atoms with Crippen molar-refractivity contribution in [3.63, 3.8) is 0 Å². The predicted molar refractivity (Wildman–Crippen MR) is 227 cm³/mol. The summed E-state index contributed by atoms with van der Waals surface area (Å²) in [6.07, 6.45) is 1.35. The number of rotatable bonds is 7. The molecule has 5 atom stereocenters. The van der Waals surface area contributed by atoms with E-state index in [1.807, 2.05) is 97.1 Å². The zero-order valence-electron chi connectivity index (χ0n) is 30.2. The molecule has 2 aromatic heterocycles. The van der Waals surface area contributed by atoms with Gasteiger partial charge in [0.1, 0.15) is 23.1 Å². The second kappa shape index (κ2) is 14.0. The van der Waals surface area contributed by atoms with Crippen molar-refractivity contribution in [3.05, 3.63) is 234 Å². The normalized spacial score (nSPS) is 20.3. The van der Waals surface area contributed by atoms with Gasteiger partial charge >= 0.3 is 0 Å². The quantitative estimate of drug-likeness (QED) is 0.152. The lowest BCUT2D eigenvalue weighted by Gasteiger charge is -2.30. The van der Waals surface area contributed by atoms with Crippen LogP contribution in [0.3, 0.4) is 0 Å². The van der Waals surface area contributed by atoms with Crippen molar-refractivity contribution in [2.75, 3.05) is 12.3 Å². The Labute approximate surface area is 324 Å². The topological polar surface area (TPSA) is 88.0 Å². The molecule has 56 heavy (non-hydrogen) atoms. The molecule has 10 heteroatoms. The van der Waals surface area contributed by atoms with E-state index in [0.29, 0.717) is 33.9 Å². The van der Waals surface area contributed by atoms with E-state index >= 15 is 0 Å². The van der Waals surface area contributed by atoms with Crippen LogP contribution in [0.4, 0.5) is 0 Å². The first kappa shape index (κ1) is 34.5. The van der Waals surface area contributed by atoms with E-state index in [-0.39, 0.29) is 45.4 Å². The Bertz CT molecular complexity index is 2600. The fourth-order valence-corrected chi connectivity index (χ4v) is 16.5. The Morgan fingerprint density at radius 2 is 0.500 bits per heavy atom. The van der Waals surface area contributed by atoms with Gasteiger partial charge in [0.2, 0.25) is 0 Å². The molecule has 2 unspecified atom stereocenters. The summed E-state index contributed by atoms with van der Waals surface area (Å²) >= 11 is 0. The van der Waals surface area contributed by atoms with Gasteiger partial charge in [-0.3, -0.25) is 19.2 Å². The molecule has 6 aromatic carbocycles. The molecule has 10 rings (SSSR count). The predicted octanol–water partition coefficient (Wildman–Crippen LogP) is 8.52. The highest BCUT2D eigenvalue weighted by Crippen LogP contribution is 2.71. The summed E-state index contributed by atoms with van der Waals surface area (Å²) in [6.45, 7) is 0. The maximum Gasteiger partial charge on any atom is 0.274 e. The lowest BCUT2D eigenvalue weighted by molar-refractivity contribution is 0.494. The third kappa shape index (κ3) is 5.35. The minimum Gasteiger partial charge on any atom is -0.267 e. The van der Waals surface area contributed by atoms with Crippen LogP contribution in [0.5, 0.6) is 0 Å². The number of aromatic nitrogens is 4. The van der Waals surface area contributed by atoms with E-state index in [1.165, 1.54) is 0 Å². The van der Waals surface area contributed by atoms with Gasteiger partial charge < -0.3 is 0 Å². The number of nitrogens with zero attached hydrogens (tertiary/aromatic N) is 4. The van der Waals surface area contributed by atoms with Gasteiger partial charge in [-0.05, 0) is 74.7 Å². The highest BCUT2D eigenvalue weighted by atomic mass is 31.1. The maximum atomic E-state index is 14.7. The zero-order chi connectivity index (χ0) is 37.9. The minimum atomic E-state index is -1.19. The first-order valence-electron chi connectivity index (χ1n) is 18.8. The van der Waals surface area contributed by atoms with Gasteiger partial charge in [-0.2, -0.15) is 0 Å². The van der Waals surface area contributed by atoms with Gasteiger partial charge in [0.05, 0.1) is 21.5 Å². The summed E-state index contributed by atoms with van der Waals surface area (Å²) in [6, 6.07) is 54.5. The van der Waals surface area contributed by atoms with Crippen LogP contribution in [0, 0.1) is 0 Å². The average Bonchev–Trinajstić information content (AvgIpc) is 3.79. The Morgan fingerprint density at radius 1 is 0.304 bits per heavy atom. The fourth-order valence-electron chi connectivity index (χ4n) is 8.89. The van der Waals surface area contributed by atoms with Crippen molar-refractivity contribution >= 4 is 37.4 Å². The maximum absolute atomic E-state index is 14.7. The van der Waals surface area contributed by atoms with Crippen molar-refractivity contribution < 1.29 is 0 Å². The van der Waals surface area contributed by atoms with Crippen LogP contribution in [0.2, 0.25) is 0 Å². The van der Waals surface area contributed by atoms with Gasteiger partial charge in [-0.25, -0.2) is 18.7 Å². The summed E-state index contributed by atoms with van der Waals surface area (Å²) in [5.41, 5.74) is 3.15. The summed E-state index contributed by atoms with van der Waals surface area (Å²) in [7, 11) is -2.39. The van der Waals surface area contributed by atoms with Gasteiger partial charge in [0.25, 0.3) is 22.2 Å². The summed E-state index contributed by atoms with van der Waals surface area (Å²) in [4.78, 5) is 58.8. The summed E-state index contributed by atoms with van der Waals surface area (Å²) in [5, 5.41) is 1.64. The van der Waals surface area contributed by atoms with E-state index in [9.17, 15) is 19.2 Å². The van der Waals surface area contributed by atoms with Crippen molar-refractivity contribution in [3.8, 4) is 0 Å². The molecule has 274 valence electrons. The molecule has 0 aliphatic carbocycles. The Hall–Kier alpha value is -5.94. The van der Waals surface area contributed by atoms with Crippen LogP contribution in [-0.4, -0.2) is 31.1 Å². The van der Waals surface area contributed by atoms with Crippen LogP contribution in [0.1, 0.15) is 45.4 Å². The smallest absolute Gasteiger partial charge is 0.267 e. The molecule has 2 aliphatic heterocycles. The van der Waals surface area contributed by atoms with Gasteiger partial charge in [0.15, 0.2) is 0 Å². The first-order valence-corrected chi connectivity index (χ1v) is 22.1. The molecule has 0 saturated heterocycles. The van der Waals surface area contributed by atoms with E-state index in [1.54, 1.807) is 43.0 Å². The van der Waals surface area contributed by atoms with E-state index < -0.39 is 15.8 Å². The van der Waals surface area contributed by atoms with Gasteiger partial charge in [0, 0.05) is 0 Å². The monoisotopic (exact) mass is 770 g/mol. The SMILES string of the molecule is O=c1c2ccccc2c(=O)n2n1C(c1ccccc1)P(CCP1[C@@H](c3ccccc3)n3c(=O)c4ccccc4c(=O)n3[C@@H]1c1ccccc1)[C@H]2c1ccccc1. The molecular weight excluding hydrogens is 734 g/mol. The van der Waals surface area contributed by atoms with E-state index in [0.717, 1.165) is 22.3 Å². The fraction of sp³-hybridized carbons (Fsp3) is 0.130. The van der Waals surface area contributed by atoms with Crippen molar-refractivity contribution in [1.29, 1.82) is 0 Å². The number of fused-ring (bicyclic) bond motifs is 4. The first-order chi connectivity index (χ1) is 27.5. The van der Waals surface area contributed by atoms with Crippen LogP contribution < -0.4 is 22.2 Å². The van der Waals surface area contributed by atoms with Crippen LogP contribution >= 0.6 is 15.8 Å². The number of hydrogen-bond donors (Lipinski definition) is 0. The average molecular weight is 771 g/mol. The molecule has 0 bridgehead atoms. The molecule has 0 N–H and O–H groups in total. The second-order valence-corrected chi connectivity index (χ2v) is 19.2. The Kier molecular flexibility index (Phi) is 8.62. The third-order valence-electron chi connectivity index (χ3n) is 11.3. The molecule has 0 amide bonds. The standard InChI is InChI=1S/C46H36N4O4P2/c51-39-35-25-13-14-26-36(35)40(52)48-44(32-19-7-2-8-20-32)55(43(47(39)48)31-17-5-1-6-18-31)29-30-56-45(33-21-9-3-10-22-33)49-41(53)37-27-15-16-28-38(37)42(54)50(49)46(56)34-23-11-4-12-24-34/h1-28,43-46H,29-30H2/t43-,44-,45-,46?,56?/m0/s1. The lowest BCUT2D eigenvalue weighted by atomic mass is 10.2. The largest absolute Gasteiger partial charge is 0.274 e. The summed E-state index contributed by atoms with van der Waals surface area (Å²) < 4.78 is 6.96. The number of benzene rings is 6. The Balaban J connectivity index is 1.20. The van der Waals surface area contributed by atoms with Crippen LogP contribution in [0.15, 0.2) is 189 Å². The molecule has 0 radical (unpaired) electrons. The van der Waals surface area contributed by atoms with E-state index in [4.69, 9.17) is 0 Å². The number of hydrogen-bond acceptors (Lipinski definition) is 4. The third-order valence-corrected chi connectivity index (χ3v) is 17.7. The molecule has 2 aliphatic rings. The molecule has 0 spiro atoms. The summed E-state index contributed by atoms with van der Waals surface area (Å²) in [5.74, 6) is -1.56. The van der Waals surface area contributed by atoms with Crippen molar-refractivity contribution in [2.24, 2.45) is 0 Å². The van der Waals surface area contributed by atoms with Crippen LogP contribution in [0.25, 0.3) is 21.5 Å². The highest BCUT2D eigenvalue weighted by molar-refractivity contribution is 7.62. The lowest BCUT2D eigenvalue weighted by Crippen LogP contribution is -2.37. The van der Waals surface area contributed by atoms with Crippen LogP contribution in [-0.2, 0) is 0 Å². The molecular formula is C46H36N4O4P2. The van der Waals surface area contributed by atoms with Crippen molar-refractivity contribution in [2.45, 2.75) is 23.1 Å². The second-order valence-electron chi connectivity index (χ2n) is 14.3. The minimum absolute atomic E-state index is 0.187. The molecule has 4 heterocycles. The van der Waals surface area contributed by atoms with E-state index in [2.05, 4.69) is 48.5 Å². The molecule has 0 fully saturated rings. The van der Waals surface area contributed by atoms with Gasteiger partial charge in [-0.15, -0.1) is 0 Å². The molecule has 8 aromatic rings. The Morgan fingerprint density at radius 3 is 0.714 bits per heavy atom. The molecule has 0 saturated carbocycles. The molecule has 8 nitrogen and oxygen atoms in total. The zero-order valence-corrected chi connectivity index (χ0v) is 32.0. The van der Waals surface area contributed by atoms with Crippen molar-refractivity contribution in [1.82, 2.24) is 18.7 Å². The highest BCUT2D eigenvalue weighted by Gasteiger charge is 2.48. The van der Waals surface area contributed by atoms with Gasteiger partial charge in [-0.1, -0.05) is 146 Å².